The van der Waals surface area contributed by atoms with Crippen molar-refractivity contribution < 1.29 is 34.1 Å². The normalized spacial score (nSPS) is 37.6. The number of carbonyl (C=O) groups excluding carboxylic acids is 3. The van der Waals surface area contributed by atoms with Gasteiger partial charge in [0, 0.05) is 24.4 Å². The molecule has 2 aromatic carbocycles. The van der Waals surface area contributed by atoms with Gasteiger partial charge in [0.1, 0.15) is 0 Å². The molecule has 2 aromatic rings. The number of nitrogens with zero attached hydrogens (tertiary/aromatic N) is 1. The SMILES string of the molecule is CC1(NC(=O)CC(c2ccccc2)c2ccccc2)C2CC3CC1C1(OC(=O)C(O)C(O)C(=O)O1)N(C2)C3(C)C. The molecule has 3 N–H and O–H groups in total. The lowest BCUT2D eigenvalue weighted by Crippen LogP contribution is -2.85. The standard InChI is InChI=1S/C31H36N2O7/c1-29(2)20-14-21-17-33(29)31(39-27(37)25(35)26(36)28(38)40-31)23(15-20)30(21,3)32-24(34)16-22(18-10-6-4-7-11-18)19-12-8-5-9-13-19/h4-13,20-23,25-26,35-36H,14-17H2,1-3H3,(H,32,34). The first-order chi connectivity index (χ1) is 19.0. The summed E-state index contributed by atoms with van der Waals surface area (Å²) in [6.45, 7) is 6.39. The van der Waals surface area contributed by atoms with Crippen LogP contribution in [0.1, 0.15) is 57.1 Å². The molecule has 7 atom stereocenters. The third-order valence-electron chi connectivity index (χ3n) is 10.1. The number of benzene rings is 2. The summed E-state index contributed by atoms with van der Waals surface area (Å²) in [7, 11) is 0. The van der Waals surface area contributed by atoms with Crippen LogP contribution >= 0.6 is 0 Å². The number of hydrogen-bond acceptors (Lipinski definition) is 8. The monoisotopic (exact) mass is 548 g/mol. The van der Waals surface area contributed by atoms with E-state index in [1.807, 2.05) is 86.3 Å². The maximum Gasteiger partial charge on any atom is 0.342 e. The fourth-order valence-electron chi connectivity index (χ4n) is 7.73. The lowest BCUT2D eigenvalue weighted by atomic mass is 9.51. The van der Waals surface area contributed by atoms with Crippen molar-refractivity contribution in [1.29, 1.82) is 0 Å². The number of piperidine rings is 3. The zero-order valence-electron chi connectivity index (χ0n) is 22.9. The van der Waals surface area contributed by atoms with Crippen molar-refractivity contribution in [2.75, 3.05) is 6.54 Å². The molecule has 40 heavy (non-hydrogen) atoms. The average Bonchev–Trinajstić information content (AvgIpc) is 3.00. The number of carbonyl (C=O) groups is 3. The van der Waals surface area contributed by atoms with Gasteiger partial charge in [-0.05, 0) is 56.6 Å². The zero-order valence-corrected chi connectivity index (χ0v) is 22.9. The van der Waals surface area contributed by atoms with E-state index in [1.54, 1.807) is 0 Å². The van der Waals surface area contributed by atoms with Crippen LogP contribution in [0.15, 0.2) is 60.7 Å². The molecule has 9 nitrogen and oxygen atoms in total. The van der Waals surface area contributed by atoms with Gasteiger partial charge in [-0.2, -0.15) is 0 Å². The summed E-state index contributed by atoms with van der Waals surface area (Å²) in [5.41, 5.74) is 0.695. The van der Waals surface area contributed by atoms with E-state index < -0.39 is 47.1 Å². The summed E-state index contributed by atoms with van der Waals surface area (Å²) < 4.78 is 11.7. The average molecular weight is 549 g/mol. The highest BCUT2D eigenvalue weighted by molar-refractivity contribution is 5.87. The lowest BCUT2D eigenvalue weighted by molar-refractivity contribution is -0.395. The molecule has 4 bridgehead atoms. The molecule has 1 aliphatic carbocycles. The summed E-state index contributed by atoms with van der Waals surface area (Å²) in [6, 6.07) is 19.8. The van der Waals surface area contributed by atoms with E-state index in [1.165, 1.54) is 0 Å². The second kappa shape index (κ2) is 9.39. The molecule has 212 valence electrons. The van der Waals surface area contributed by atoms with Gasteiger partial charge in [-0.1, -0.05) is 60.7 Å². The Balaban J connectivity index is 1.34. The van der Waals surface area contributed by atoms with Crippen molar-refractivity contribution in [2.45, 2.75) is 75.1 Å². The van der Waals surface area contributed by atoms with Crippen LogP contribution in [0.3, 0.4) is 0 Å². The Morgan fingerprint density at radius 1 is 0.900 bits per heavy atom. The minimum absolute atomic E-state index is 0.0151. The minimum atomic E-state index is -2.05. The Bertz CT molecular complexity index is 1250. The molecule has 7 unspecified atom stereocenters. The molecule has 0 radical (unpaired) electrons. The van der Waals surface area contributed by atoms with Gasteiger partial charge in [0.15, 0.2) is 12.2 Å². The largest absolute Gasteiger partial charge is 0.406 e. The molecule has 4 aliphatic heterocycles. The summed E-state index contributed by atoms with van der Waals surface area (Å²) in [5.74, 6) is -4.81. The van der Waals surface area contributed by atoms with Crippen LogP contribution in [-0.4, -0.2) is 68.7 Å². The van der Waals surface area contributed by atoms with E-state index in [-0.39, 0.29) is 30.1 Å². The molecule has 5 aliphatic rings. The van der Waals surface area contributed by atoms with Crippen LogP contribution in [0.5, 0.6) is 0 Å². The molecule has 0 aromatic heterocycles. The summed E-state index contributed by atoms with van der Waals surface area (Å²) in [6.07, 6.45) is -2.50. The molecule has 1 amide bonds. The number of rotatable bonds is 5. The number of aliphatic hydroxyl groups is 2. The van der Waals surface area contributed by atoms with E-state index in [0.29, 0.717) is 13.0 Å². The van der Waals surface area contributed by atoms with Gasteiger partial charge >= 0.3 is 17.8 Å². The Hall–Kier alpha value is -3.27. The Morgan fingerprint density at radius 2 is 1.43 bits per heavy atom. The highest BCUT2D eigenvalue weighted by atomic mass is 16.8. The van der Waals surface area contributed by atoms with Crippen molar-refractivity contribution in [3.8, 4) is 0 Å². The molecule has 7 rings (SSSR count). The number of esters is 2. The van der Waals surface area contributed by atoms with E-state index >= 15 is 0 Å². The van der Waals surface area contributed by atoms with Crippen molar-refractivity contribution >= 4 is 17.8 Å². The maximum absolute atomic E-state index is 13.9. The summed E-state index contributed by atoms with van der Waals surface area (Å²) >= 11 is 0. The van der Waals surface area contributed by atoms with Crippen LogP contribution in [0.25, 0.3) is 0 Å². The Labute approximate surface area is 233 Å². The van der Waals surface area contributed by atoms with Gasteiger partial charge in [-0.25, -0.2) is 14.5 Å². The fourth-order valence-corrected chi connectivity index (χ4v) is 7.73. The molecule has 1 saturated carbocycles. The highest BCUT2D eigenvalue weighted by Gasteiger charge is 2.75. The third-order valence-corrected chi connectivity index (χ3v) is 10.1. The molecule has 5 fully saturated rings. The summed E-state index contributed by atoms with van der Waals surface area (Å²) in [4.78, 5) is 41.5. The Morgan fingerprint density at radius 3 is 1.95 bits per heavy atom. The lowest BCUT2D eigenvalue weighted by Gasteiger charge is -2.71. The smallest absolute Gasteiger partial charge is 0.342 e. The maximum atomic E-state index is 13.9. The molecule has 4 heterocycles. The number of amides is 1. The van der Waals surface area contributed by atoms with E-state index in [2.05, 4.69) is 5.32 Å². The second-order valence-electron chi connectivity index (χ2n) is 12.5. The molecule has 9 heteroatoms. The van der Waals surface area contributed by atoms with E-state index in [4.69, 9.17) is 9.47 Å². The van der Waals surface area contributed by atoms with Gasteiger partial charge in [-0.15, -0.1) is 0 Å². The van der Waals surface area contributed by atoms with E-state index in [9.17, 15) is 24.6 Å². The van der Waals surface area contributed by atoms with Gasteiger partial charge < -0.3 is 25.0 Å². The van der Waals surface area contributed by atoms with Crippen molar-refractivity contribution in [3.63, 3.8) is 0 Å². The molecule has 4 saturated heterocycles. The topological polar surface area (TPSA) is 125 Å². The Kier molecular flexibility index (Phi) is 6.32. The number of aliphatic hydroxyl groups excluding tert-OH is 2. The van der Waals surface area contributed by atoms with Gasteiger partial charge in [-0.3, -0.25) is 4.79 Å². The van der Waals surface area contributed by atoms with Crippen LogP contribution in [0, 0.1) is 17.8 Å². The first-order valence-corrected chi connectivity index (χ1v) is 14.0. The van der Waals surface area contributed by atoms with Gasteiger partial charge in [0.2, 0.25) is 5.91 Å². The number of ether oxygens (including phenoxy) is 2. The predicted octanol–water partition coefficient (Wildman–Crippen LogP) is 2.31. The quantitative estimate of drug-likeness (QED) is 0.486. The first-order valence-electron chi connectivity index (χ1n) is 14.0. The number of hydrogen-bond donors (Lipinski definition) is 3. The summed E-state index contributed by atoms with van der Waals surface area (Å²) in [5, 5.41) is 23.8. The van der Waals surface area contributed by atoms with Gasteiger partial charge in [0.05, 0.1) is 11.5 Å². The third kappa shape index (κ3) is 3.97. The van der Waals surface area contributed by atoms with Crippen LogP contribution in [-0.2, 0) is 23.9 Å². The predicted molar refractivity (Wildman–Crippen MR) is 143 cm³/mol. The minimum Gasteiger partial charge on any atom is -0.406 e. The van der Waals surface area contributed by atoms with Crippen LogP contribution in [0.2, 0.25) is 0 Å². The van der Waals surface area contributed by atoms with E-state index in [0.717, 1.165) is 17.5 Å². The molecular formula is C31H36N2O7. The van der Waals surface area contributed by atoms with Crippen molar-refractivity contribution in [2.24, 2.45) is 17.8 Å². The molecular weight excluding hydrogens is 512 g/mol. The van der Waals surface area contributed by atoms with Crippen molar-refractivity contribution in [3.05, 3.63) is 71.8 Å². The fraction of sp³-hybridized carbons (Fsp3) is 0.516. The van der Waals surface area contributed by atoms with Gasteiger partial charge in [0.25, 0.3) is 0 Å². The highest BCUT2D eigenvalue weighted by Crippen LogP contribution is 2.62. The van der Waals surface area contributed by atoms with Crippen LogP contribution < -0.4 is 5.32 Å². The number of nitrogens with one attached hydrogen (secondary N) is 1. The molecule has 1 spiro atoms. The van der Waals surface area contributed by atoms with Crippen LogP contribution in [0.4, 0.5) is 0 Å². The first kappa shape index (κ1) is 26.9. The zero-order chi connectivity index (χ0) is 28.4. The second-order valence-corrected chi connectivity index (χ2v) is 12.5. The van der Waals surface area contributed by atoms with Crippen molar-refractivity contribution in [1.82, 2.24) is 10.2 Å².